The third-order valence-corrected chi connectivity index (χ3v) is 4.99. The summed E-state index contributed by atoms with van der Waals surface area (Å²) in [5.74, 6) is -1.88. The van der Waals surface area contributed by atoms with Gasteiger partial charge in [-0.3, -0.25) is 4.79 Å². The molecule has 0 saturated heterocycles. The van der Waals surface area contributed by atoms with Crippen LogP contribution in [0.15, 0.2) is 17.0 Å². The molecule has 1 aromatic carbocycles. The van der Waals surface area contributed by atoms with Crippen LogP contribution in [0, 0.1) is 25.6 Å². The van der Waals surface area contributed by atoms with Crippen LogP contribution < -0.4 is 4.72 Å². The smallest absolute Gasteiger partial charge is 0.306 e. The van der Waals surface area contributed by atoms with Crippen LogP contribution in [0.2, 0.25) is 0 Å². The molecular weight excluding hydrogens is 297 g/mol. The molecule has 0 fully saturated rings. The zero-order valence-electron chi connectivity index (χ0n) is 12.3. The van der Waals surface area contributed by atoms with Gasteiger partial charge in [0.15, 0.2) is 0 Å². The number of rotatable bonds is 7. The molecule has 1 unspecified atom stereocenters. The van der Waals surface area contributed by atoms with E-state index in [-0.39, 0.29) is 11.4 Å². The molecule has 0 bridgehead atoms. The van der Waals surface area contributed by atoms with E-state index in [9.17, 15) is 17.6 Å². The van der Waals surface area contributed by atoms with E-state index in [1.807, 2.05) is 0 Å². The number of hydrogen-bond donors (Lipinski definition) is 2. The third kappa shape index (κ3) is 4.78. The number of hydrogen-bond acceptors (Lipinski definition) is 3. The molecule has 21 heavy (non-hydrogen) atoms. The maximum absolute atomic E-state index is 13.2. The lowest BCUT2D eigenvalue weighted by Crippen LogP contribution is -2.27. The summed E-state index contributed by atoms with van der Waals surface area (Å²) in [6.07, 6.45) is 0.811. The Morgan fingerprint density at radius 1 is 1.33 bits per heavy atom. The normalized spacial score (nSPS) is 13.1. The van der Waals surface area contributed by atoms with Gasteiger partial charge in [0, 0.05) is 6.54 Å². The van der Waals surface area contributed by atoms with E-state index < -0.39 is 27.7 Å². The fourth-order valence-electron chi connectivity index (χ4n) is 2.13. The first-order valence-electron chi connectivity index (χ1n) is 6.64. The van der Waals surface area contributed by atoms with Crippen molar-refractivity contribution in [3.8, 4) is 0 Å². The molecular formula is C14H20FNO4S. The summed E-state index contributed by atoms with van der Waals surface area (Å²) in [6, 6.07) is 2.35. The van der Waals surface area contributed by atoms with Gasteiger partial charge in [-0.2, -0.15) is 0 Å². The number of sulfonamides is 1. The molecule has 0 spiro atoms. The fraction of sp³-hybridized carbons (Fsp3) is 0.500. The first kappa shape index (κ1) is 17.6. The number of aryl methyl sites for hydroxylation is 2. The summed E-state index contributed by atoms with van der Waals surface area (Å²) in [7, 11) is -3.72. The lowest BCUT2D eigenvalue weighted by molar-refractivity contribution is -0.141. The van der Waals surface area contributed by atoms with Crippen molar-refractivity contribution in [2.45, 2.75) is 38.5 Å². The Hall–Kier alpha value is -1.47. The molecule has 0 aliphatic rings. The van der Waals surface area contributed by atoms with Crippen LogP contribution in [-0.2, 0) is 14.8 Å². The highest BCUT2D eigenvalue weighted by atomic mass is 32.2. The van der Waals surface area contributed by atoms with Crippen LogP contribution in [0.1, 0.15) is 30.9 Å². The number of nitrogens with one attached hydrogen (secondary N) is 1. The van der Waals surface area contributed by atoms with Crippen LogP contribution in [0.4, 0.5) is 4.39 Å². The first-order valence-corrected chi connectivity index (χ1v) is 8.12. The zero-order chi connectivity index (χ0) is 16.2. The topological polar surface area (TPSA) is 83.5 Å². The highest BCUT2D eigenvalue weighted by Gasteiger charge is 2.20. The summed E-state index contributed by atoms with van der Waals surface area (Å²) >= 11 is 0. The highest BCUT2D eigenvalue weighted by Crippen LogP contribution is 2.21. The van der Waals surface area contributed by atoms with Gasteiger partial charge in [0.1, 0.15) is 5.82 Å². The number of benzene rings is 1. The Labute approximate surface area is 124 Å². The predicted octanol–water partition coefficient (Wildman–Crippen LogP) is 2.22. The Bertz CT molecular complexity index is 605. The lowest BCUT2D eigenvalue weighted by atomic mass is 10.1. The maximum atomic E-state index is 13.2. The van der Waals surface area contributed by atoms with Crippen LogP contribution in [0.3, 0.4) is 0 Å². The quantitative estimate of drug-likeness (QED) is 0.755. The van der Waals surface area contributed by atoms with Crippen molar-refractivity contribution in [2.24, 2.45) is 5.92 Å². The van der Waals surface area contributed by atoms with Gasteiger partial charge < -0.3 is 5.11 Å². The van der Waals surface area contributed by atoms with Crippen molar-refractivity contribution in [1.29, 1.82) is 0 Å². The average molecular weight is 317 g/mol. The highest BCUT2D eigenvalue weighted by molar-refractivity contribution is 7.89. The zero-order valence-corrected chi connectivity index (χ0v) is 13.1. The lowest BCUT2D eigenvalue weighted by Gasteiger charge is -2.12. The molecule has 0 aromatic heterocycles. The average Bonchev–Trinajstić information content (AvgIpc) is 2.32. The molecule has 1 aromatic rings. The molecule has 1 rings (SSSR count). The van der Waals surface area contributed by atoms with Crippen LogP contribution in [0.25, 0.3) is 0 Å². The van der Waals surface area contributed by atoms with E-state index >= 15 is 0 Å². The van der Waals surface area contributed by atoms with Gasteiger partial charge in [-0.1, -0.05) is 6.92 Å². The summed E-state index contributed by atoms with van der Waals surface area (Å²) in [5, 5.41) is 8.74. The molecule has 0 radical (unpaired) electrons. The minimum atomic E-state index is -3.72. The second-order valence-corrected chi connectivity index (χ2v) is 6.85. The van der Waals surface area contributed by atoms with Gasteiger partial charge in [0.25, 0.3) is 0 Å². The van der Waals surface area contributed by atoms with E-state index in [1.165, 1.54) is 26.0 Å². The summed E-state index contributed by atoms with van der Waals surface area (Å²) in [6.45, 7) is 4.80. The Morgan fingerprint density at radius 3 is 2.33 bits per heavy atom. The molecule has 1 atom stereocenters. The second-order valence-electron chi connectivity index (χ2n) is 5.15. The number of halogens is 1. The summed E-state index contributed by atoms with van der Waals surface area (Å²) in [4.78, 5) is 10.7. The van der Waals surface area contributed by atoms with E-state index in [0.29, 0.717) is 24.0 Å². The molecule has 0 saturated carbocycles. The van der Waals surface area contributed by atoms with Crippen molar-refractivity contribution in [1.82, 2.24) is 4.72 Å². The maximum Gasteiger partial charge on any atom is 0.306 e. The molecule has 0 aliphatic carbocycles. The van der Waals surface area contributed by atoms with E-state index in [4.69, 9.17) is 5.11 Å². The van der Waals surface area contributed by atoms with Crippen molar-refractivity contribution < 1.29 is 22.7 Å². The SMILES string of the molecule is Cc1cc(F)cc(C)c1S(=O)(=O)NCCCC(C)C(=O)O. The van der Waals surface area contributed by atoms with E-state index in [1.54, 1.807) is 6.92 Å². The van der Waals surface area contributed by atoms with Crippen molar-refractivity contribution >= 4 is 16.0 Å². The van der Waals surface area contributed by atoms with Crippen molar-refractivity contribution in [3.63, 3.8) is 0 Å². The standard InChI is InChI=1S/C14H20FNO4S/c1-9(14(17)18)5-4-6-16-21(19,20)13-10(2)7-12(15)8-11(13)3/h7-9,16H,4-6H2,1-3H3,(H,17,18). The molecule has 2 N–H and O–H groups in total. The van der Waals surface area contributed by atoms with Gasteiger partial charge in [0.05, 0.1) is 10.8 Å². The van der Waals surface area contributed by atoms with Gasteiger partial charge in [-0.25, -0.2) is 17.5 Å². The number of carboxylic acid groups (broad SMARTS) is 1. The van der Waals surface area contributed by atoms with Gasteiger partial charge in [-0.15, -0.1) is 0 Å². The number of aliphatic carboxylic acids is 1. The Morgan fingerprint density at radius 2 is 1.86 bits per heavy atom. The predicted molar refractivity (Wildman–Crippen MR) is 77.1 cm³/mol. The number of carbonyl (C=O) groups is 1. The van der Waals surface area contributed by atoms with Crippen LogP contribution in [-0.4, -0.2) is 26.0 Å². The first-order chi connectivity index (χ1) is 9.65. The Balaban J connectivity index is 2.73. The minimum Gasteiger partial charge on any atom is -0.481 e. The van der Waals surface area contributed by atoms with Crippen LogP contribution in [0.5, 0.6) is 0 Å². The third-order valence-electron chi connectivity index (χ3n) is 3.22. The second kappa shape index (κ2) is 7.00. The summed E-state index contributed by atoms with van der Waals surface area (Å²) in [5.41, 5.74) is 0.692. The molecule has 7 heteroatoms. The van der Waals surface area contributed by atoms with Crippen molar-refractivity contribution in [2.75, 3.05) is 6.54 Å². The monoisotopic (exact) mass is 317 g/mol. The van der Waals surface area contributed by atoms with Crippen molar-refractivity contribution in [3.05, 3.63) is 29.1 Å². The number of carboxylic acids is 1. The molecule has 0 amide bonds. The molecule has 0 heterocycles. The molecule has 118 valence electrons. The molecule has 0 aliphatic heterocycles. The van der Waals surface area contributed by atoms with Crippen LogP contribution >= 0.6 is 0 Å². The summed E-state index contributed by atoms with van der Waals surface area (Å²) < 4.78 is 40.1. The fourth-order valence-corrected chi connectivity index (χ4v) is 3.65. The molecule has 5 nitrogen and oxygen atoms in total. The van der Waals surface area contributed by atoms with E-state index in [2.05, 4.69) is 4.72 Å². The van der Waals surface area contributed by atoms with Gasteiger partial charge >= 0.3 is 5.97 Å². The van der Waals surface area contributed by atoms with E-state index in [0.717, 1.165) is 0 Å². The van der Waals surface area contributed by atoms with Gasteiger partial charge in [-0.05, 0) is 49.9 Å². The largest absolute Gasteiger partial charge is 0.481 e. The van der Waals surface area contributed by atoms with Gasteiger partial charge in [0.2, 0.25) is 10.0 Å². The minimum absolute atomic E-state index is 0.0789. The Kier molecular flexibility index (Phi) is 5.86.